The molecular weight excluding hydrogens is 360 g/mol. The van der Waals surface area contributed by atoms with Gasteiger partial charge >= 0.3 is 6.18 Å². The molecule has 0 saturated carbocycles. The van der Waals surface area contributed by atoms with E-state index in [0.717, 1.165) is 13.1 Å². The van der Waals surface area contributed by atoms with Crippen molar-refractivity contribution in [2.75, 3.05) is 0 Å². The van der Waals surface area contributed by atoms with Crippen LogP contribution in [-0.4, -0.2) is 9.49 Å². The molecular formula is C13H7Cl2F3N2O3. The van der Waals surface area contributed by atoms with Crippen molar-refractivity contribution < 1.29 is 18.1 Å². The minimum absolute atomic E-state index is 0.000393. The van der Waals surface area contributed by atoms with E-state index in [-0.39, 0.29) is 16.1 Å². The first-order chi connectivity index (χ1) is 10.5. The maximum absolute atomic E-state index is 12.8. The molecule has 0 aliphatic carbocycles. The SMILES string of the molecule is Cn1c(C(F)(F)F)cc(Cl)c(-c2ccc(Cl)c([N+](=O)[O-])c2)c1=O. The Balaban J connectivity index is 2.76. The van der Waals surface area contributed by atoms with E-state index >= 15 is 0 Å². The Hall–Kier alpha value is -2.06. The first-order valence-corrected chi connectivity index (χ1v) is 6.70. The molecule has 0 unspecified atom stereocenters. The summed E-state index contributed by atoms with van der Waals surface area (Å²) in [5.74, 6) is 0. The van der Waals surface area contributed by atoms with Crippen LogP contribution >= 0.6 is 23.2 Å². The molecule has 122 valence electrons. The molecule has 0 atom stereocenters. The molecule has 0 aliphatic heterocycles. The third-order valence-corrected chi connectivity index (χ3v) is 3.72. The molecule has 0 amide bonds. The predicted molar refractivity (Wildman–Crippen MR) is 78.8 cm³/mol. The van der Waals surface area contributed by atoms with Crippen molar-refractivity contribution in [3.05, 3.63) is 60.5 Å². The van der Waals surface area contributed by atoms with E-state index in [4.69, 9.17) is 23.2 Å². The Morgan fingerprint density at radius 3 is 2.30 bits per heavy atom. The number of hydrogen-bond acceptors (Lipinski definition) is 3. The van der Waals surface area contributed by atoms with E-state index in [2.05, 4.69) is 0 Å². The lowest BCUT2D eigenvalue weighted by Gasteiger charge is -2.14. The van der Waals surface area contributed by atoms with Crippen LogP contribution in [0.15, 0.2) is 29.1 Å². The Morgan fingerprint density at radius 1 is 1.17 bits per heavy atom. The van der Waals surface area contributed by atoms with Gasteiger partial charge in [0.15, 0.2) is 0 Å². The molecule has 1 aromatic heterocycles. The fourth-order valence-corrected chi connectivity index (χ4v) is 2.49. The van der Waals surface area contributed by atoms with Crippen LogP contribution in [0.5, 0.6) is 0 Å². The van der Waals surface area contributed by atoms with Crippen molar-refractivity contribution in [1.29, 1.82) is 0 Å². The summed E-state index contributed by atoms with van der Waals surface area (Å²) in [7, 11) is 0.940. The van der Waals surface area contributed by atoms with Gasteiger partial charge in [-0.2, -0.15) is 13.2 Å². The van der Waals surface area contributed by atoms with Gasteiger partial charge < -0.3 is 4.57 Å². The van der Waals surface area contributed by atoms with Gasteiger partial charge in [-0.05, 0) is 17.7 Å². The van der Waals surface area contributed by atoms with Crippen LogP contribution in [0.2, 0.25) is 10.0 Å². The van der Waals surface area contributed by atoms with E-state index in [9.17, 15) is 28.1 Å². The van der Waals surface area contributed by atoms with E-state index < -0.39 is 33.1 Å². The number of pyridine rings is 1. The van der Waals surface area contributed by atoms with Gasteiger partial charge in [0.2, 0.25) is 0 Å². The van der Waals surface area contributed by atoms with Crippen molar-refractivity contribution in [3.8, 4) is 11.1 Å². The van der Waals surface area contributed by atoms with Crippen molar-refractivity contribution >= 4 is 28.9 Å². The van der Waals surface area contributed by atoms with Crippen molar-refractivity contribution in [2.24, 2.45) is 7.05 Å². The van der Waals surface area contributed by atoms with Crippen molar-refractivity contribution in [2.45, 2.75) is 6.18 Å². The number of nitrogens with zero attached hydrogens (tertiary/aromatic N) is 2. The predicted octanol–water partition coefficient (Wildman–Crippen LogP) is 4.29. The molecule has 0 radical (unpaired) electrons. The van der Waals surface area contributed by atoms with Crippen LogP contribution in [0.25, 0.3) is 11.1 Å². The third kappa shape index (κ3) is 3.18. The number of rotatable bonds is 2. The van der Waals surface area contributed by atoms with Crippen LogP contribution < -0.4 is 5.56 Å². The molecule has 1 aromatic carbocycles. The lowest BCUT2D eigenvalue weighted by atomic mass is 10.1. The Kier molecular flexibility index (Phi) is 4.41. The summed E-state index contributed by atoms with van der Waals surface area (Å²) in [6, 6.07) is 4.02. The van der Waals surface area contributed by atoms with Crippen LogP contribution in [0.3, 0.4) is 0 Å². The number of alkyl halides is 3. The lowest BCUT2D eigenvalue weighted by Crippen LogP contribution is -2.27. The fourth-order valence-electron chi connectivity index (χ4n) is 2.01. The molecule has 2 rings (SSSR count). The Labute approximate surface area is 137 Å². The van der Waals surface area contributed by atoms with Gasteiger partial charge in [0.25, 0.3) is 11.2 Å². The van der Waals surface area contributed by atoms with E-state index in [0.29, 0.717) is 10.6 Å². The van der Waals surface area contributed by atoms with Gasteiger partial charge in [-0.1, -0.05) is 29.3 Å². The summed E-state index contributed by atoms with van der Waals surface area (Å²) in [4.78, 5) is 22.3. The zero-order valence-corrected chi connectivity index (χ0v) is 12.8. The third-order valence-electron chi connectivity index (χ3n) is 3.10. The van der Waals surface area contributed by atoms with Crippen LogP contribution in [0, 0.1) is 10.1 Å². The van der Waals surface area contributed by atoms with Gasteiger partial charge in [0, 0.05) is 13.1 Å². The quantitative estimate of drug-likeness (QED) is 0.588. The molecule has 1 heterocycles. The molecule has 2 aromatic rings. The zero-order valence-electron chi connectivity index (χ0n) is 11.3. The number of benzene rings is 1. The smallest absolute Gasteiger partial charge is 0.307 e. The molecule has 0 aliphatic rings. The second kappa shape index (κ2) is 5.86. The molecule has 0 N–H and O–H groups in total. The summed E-state index contributed by atoms with van der Waals surface area (Å²) >= 11 is 11.5. The number of hydrogen-bond donors (Lipinski definition) is 0. The minimum Gasteiger partial charge on any atom is -0.307 e. The van der Waals surface area contributed by atoms with E-state index in [1.165, 1.54) is 12.1 Å². The van der Waals surface area contributed by atoms with Gasteiger partial charge in [-0.25, -0.2) is 0 Å². The maximum Gasteiger partial charge on any atom is 0.431 e. The van der Waals surface area contributed by atoms with E-state index in [1.54, 1.807) is 0 Å². The number of nitro groups is 1. The van der Waals surface area contributed by atoms with Crippen LogP contribution in [0.4, 0.5) is 18.9 Å². The Morgan fingerprint density at radius 2 is 1.78 bits per heavy atom. The average Bonchev–Trinajstić information content (AvgIpc) is 2.43. The van der Waals surface area contributed by atoms with Crippen molar-refractivity contribution in [1.82, 2.24) is 4.57 Å². The average molecular weight is 367 g/mol. The monoisotopic (exact) mass is 366 g/mol. The molecule has 10 heteroatoms. The van der Waals surface area contributed by atoms with Crippen LogP contribution in [-0.2, 0) is 13.2 Å². The molecule has 23 heavy (non-hydrogen) atoms. The summed E-state index contributed by atoms with van der Waals surface area (Å²) in [5.41, 5.74) is -3.01. The van der Waals surface area contributed by atoms with Gasteiger partial charge in [0.1, 0.15) is 10.7 Å². The largest absolute Gasteiger partial charge is 0.431 e. The Bertz CT molecular complexity index is 863. The summed E-state index contributed by atoms with van der Waals surface area (Å²) in [5, 5.41) is 10.3. The second-order valence-electron chi connectivity index (χ2n) is 4.54. The number of aromatic nitrogens is 1. The van der Waals surface area contributed by atoms with E-state index in [1.807, 2.05) is 0 Å². The molecule has 0 bridgehead atoms. The molecule has 0 spiro atoms. The van der Waals surface area contributed by atoms with Crippen LogP contribution in [0.1, 0.15) is 5.69 Å². The maximum atomic E-state index is 12.8. The topological polar surface area (TPSA) is 65.1 Å². The standard InChI is InChI=1S/C13H7Cl2F3N2O3/c1-19-10(13(16,17)18)5-8(15)11(12(19)21)6-2-3-7(14)9(4-6)20(22)23/h2-5H,1H3. The zero-order chi connectivity index (χ0) is 17.5. The van der Waals surface area contributed by atoms with Gasteiger partial charge in [0.05, 0.1) is 15.5 Å². The fraction of sp³-hybridized carbons (Fsp3) is 0.154. The summed E-state index contributed by atoms with van der Waals surface area (Å²) in [6.07, 6.45) is -4.76. The number of nitro benzene ring substituents is 1. The molecule has 5 nitrogen and oxygen atoms in total. The van der Waals surface area contributed by atoms with Gasteiger partial charge in [-0.15, -0.1) is 0 Å². The first-order valence-electron chi connectivity index (χ1n) is 5.95. The summed E-state index contributed by atoms with van der Waals surface area (Å²) < 4.78 is 38.9. The minimum atomic E-state index is -4.76. The molecule has 0 saturated heterocycles. The highest BCUT2D eigenvalue weighted by atomic mass is 35.5. The number of halogens is 5. The summed E-state index contributed by atoms with van der Waals surface area (Å²) in [6.45, 7) is 0. The normalized spacial score (nSPS) is 11.6. The highest BCUT2D eigenvalue weighted by Gasteiger charge is 2.35. The molecule has 0 fully saturated rings. The van der Waals surface area contributed by atoms with Crippen molar-refractivity contribution in [3.63, 3.8) is 0 Å². The first kappa shape index (κ1) is 17.3. The van der Waals surface area contributed by atoms with Gasteiger partial charge in [-0.3, -0.25) is 14.9 Å². The highest BCUT2D eigenvalue weighted by molar-refractivity contribution is 6.34. The second-order valence-corrected chi connectivity index (χ2v) is 5.35. The highest BCUT2D eigenvalue weighted by Crippen LogP contribution is 2.35. The lowest BCUT2D eigenvalue weighted by molar-refractivity contribution is -0.384.